The highest BCUT2D eigenvalue weighted by atomic mass is 16.3. The summed E-state index contributed by atoms with van der Waals surface area (Å²) >= 11 is 0. The van der Waals surface area contributed by atoms with Crippen molar-refractivity contribution in [3.8, 4) is 6.07 Å². The van der Waals surface area contributed by atoms with Gasteiger partial charge >= 0.3 is 6.03 Å². The van der Waals surface area contributed by atoms with Crippen molar-refractivity contribution in [2.45, 2.75) is 19.4 Å². The van der Waals surface area contributed by atoms with Crippen molar-refractivity contribution in [3.05, 3.63) is 11.1 Å². The van der Waals surface area contributed by atoms with Crippen LogP contribution < -0.4 is 11.2 Å². The number of nitrogens with two attached hydrogens (primary N) is 1. The fraction of sp³-hybridized carbons (Fsp3) is 0.375. The Morgan fingerprint density at radius 1 is 1.86 bits per heavy atom. The summed E-state index contributed by atoms with van der Waals surface area (Å²) in [5.41, 5.74) is 8.23. The average molecular weight is 194 g/mol. The van der Waals surface area contributed by atoms with Crippen LogP contribution in [-0.4, -0.2) is 23.0 Å². The molecule has 0 aromatic heterocycles. The molecule has 6 heteroatoms. The van der Waals surface area contributed by atoms with Crippen LogP contribution in [0.2, 0.25) is 0 Å². The molecule has 0 aromatic carbocycles. The van der Waals surface area contributed by atoms with Gasteiger partial charge in [-0.1, -0.05) is 0 Å². The Kier molecular flexibility index (Phi) is 2.84. The summed E-state index contributed by atoms with van der Waals surface area (Å²) in [7, 11) is 0. The number of aliphatic hydroxyl groups is 1. The molecule has 0 saturated carbocycles. The lowest BCUT2D eigenvalue weighted by molar-refractivity contribution is 0.228. The Bertz CT molecular complexity index is 364. The van der Waals surface area contributed by atoms with Gasteiger partial charge in [-0.2, -0.15) is 10.4 Å². The molecule has 0 spiro atoms. The maximum absolute atomic E-state index is 10.4. The number of nitriles is 1. The number of nitrogens with one attached hydrogen (secondary N) is 1. The van der Waals surface area contributed by atoms with E-state index in [2.05, 4.69) is 10.5 Å². The van der Waals surface area contributed by atoms with E-state index in [4.69, 9.17) is 11.0 Å². The standard InChI is InChI=1S/C8H10N4O2/c1-4-5(3-9)7(13)2-6(4)11-12-8(10)14/h7,13H,2H2,1H3,(H3,10,12,14). The van der Waals surface area contributed by atoms with Crippen LogP contribution in [0.3, 0.4) is 0 Å². The fourth-order valence-electron chi connectivity index (χ4n) is 1.25. The number of primary amides is 1. The third-order valence-electron chi connectivity index (χ3n) is 1.98. The molecule has 0 fully saturated rings. The van der Waals surface area contributed by atoms with Gasteiger partial charge in [-0.15, -0.1) is 0 Å². The first-order valence-electron chi connectivity index (χ1n) is 3.97. The van der Waals surface area contributed by atoms with E-state index >= 15 is 0 Å². The Balaban J connectivity index is 2.88. The molecule has 1 unspecified atom stereocenters. The lowest BCUT2D eigenvalue weighted by atomic mass is 10.2. The van der Waals surface area contributed by atoms with Crippen LogP contribution in [0.1, 0.15) is 13.3 Å². The molecule has 1 aliphatic carbocycles. The first-order valence-corrected chi connectivity index (χ1v) is 3.97. The largest absolute Gasteiger partial charge is 0.387 e. The summed E-state index contributed by atoms with van der Waals surface area (Å²) in [6.45, 7) is 1.66. The van der Waals surface area contributed by atoms with Crippen molar-refractivity contribution in [1.29, 1.82) is 5.26 Å². The number of hydrazone groups is 1. The number of hydrogen-bond acceptors (Lipinski definition) is 4. The number of aliphatic hydroxyl groups excluding tert-OH is 1. The quantitative estimate of drug-likeness (QED) is 0.494. The molecular weight excluding hydrogens is 184 g/mol. The van der Waals surface area contributed by atoms with E-state index in [9.17, 15) is 9.90 Å². The van der Waals surface area contributed by atoms with E-state index in [0.29, 0.717) is 11.3 Å². The van der Waals surface area contributed by atoms with Gasteiger partial charge in [0, 0.05) is 6.42 Å². The lowest BCUT2D eigenvalue weighted by Gasteiger charge is -1.98. The zero-order valence-electron chi connectivity index (χ0n) is 7.61. The SMILES string of the molecule is CC1=C(C#N)C(O)CC1=NNC(N)=O. The molecule has 0 aromatic rings. The maximum atomic E-state index is 10.4. The number of amides is 2. The van der Waals surface area contributed by atoms with Crippen LogP contribution in [0.4, 0.5) is 4.79 Å². The second kappa shape index (κ2) is 3.89. The van der Waals surface area contributed by atoms with E-state index in [-0.39, 0.29) is 12.0 Å². The van der Waals surface area contributed by atoms with Crippen molar-refractivity contribution < 1.29 is 9.90 Å². The zero-order chi connectivity index (χ0) is 10.7. The van der Waals surface area contributed by atoms with E-state index in [1.54, 1.807) is 6.92 Å². The van der Waals surface area contributed by atoms with E-state index in [1.807, 2.05) is 6.07 Å². The molecule has 1 rings (SSSR count). The van der Waals surface area contributed by atoms with Gasteiger partial charge in [-0.3, -0.25) is 0 Å². The van der Waals surface area contributed by atoms with Crippen molar-refractivity contribution >= 4 is 11.7 Å². The predicted molar refractivity (Wildman–Crippen MR) is 49.1 cm³/mol. The first-order chi connectivity index (χ1) is 6.56. The number of carbonyl (C=O) groups is 1. The summed E-state index contributed by atoms with van der Waals surface area (Å²) in [4.78, 5) is 10.4. The second-order valence-corrected chi connectivity index (χ2v) is 2.90. The molecule has 14 heavy (non-hydrogen) atoms. The molecule has 74 valence electrons. The predicted octanol–water partition coefficient (Wildman–Crippen LogP) is -0.385. The summed E-state index contributed by atoms with van der Waals surface area (Å²) in [6, 6.07) is 1.11. The van der Waals surface area contributed by atoms with Gasteiger partial charge in [0.05, 0.1) is 23.5 Å². The topological polar surface area (TPSA) is 112 Å². The number of nitrogens with zero attached hydrogens (tertiary/aromatic N) is 2. The van der Waals surface area contributed by atoms with Crippen molar-refractivity contribution in [2.75, 3.05) is 0 Å². The van der Waals surface area contributed by atoms with Crippen molar-refractivity contribution in [2.24, 2.45) is 10.8 Å². The summed E-state index contributed by atoms with van der Waals surface area (Å²) in [5.74, 6) is 0. The number of urea groups is 1. The van der Waals surface area contributed by atoms with Gasteiger partial charge in [0.2, 0.25) is 0 Å². The molecule has 0 aliphatic heterocycles. The number of carbonyl (C=O) groups excluding carboxylic acids is 1. The maximum Gasteiger partial charge on any atom is 0.332 e. The second-order valence-electron chi connectivity index (χ2n) is 2.90. The molecule has 6 nitrogen and oxygen atoms in total. The van der Waals surface area contributed by atoms with Crippen molar-refractivity contribution in [3.63, 3.8) is 0 Å². The van der Waals surface area contributed by atoms with Crippen LogP contribution in [0.25, 0.3) is 0 Å². The highest BCUT2D eigenvalue weighted by Crippen LogP contribution is 2.23. The average Bonchev–Trinajstić information content (AvgIpc) is 2.38. The third-order valence-corrected chi connectivity index (χ3v) is 1.98. The third kappa shape index (κ3) is 1.89. The smallest absolute Gasteiger partial charge is 0.332 e. The summed E-state index contributed by atoms with van der Waals surface area (Å²) in [6.07, 6.45) is -0.594. The molecule has 0 bridgehead atoms. The Labute approximate surface area is 80.7 Å². The van der Waals surface area contributed by atoms with Crippen LogP contribution in [-0.2, 0) is 0 Å². The van der Waals surface area contributed by atoms with Crippen LogP contribution in [0, 0.1) is 11.3 Å². The Morgan fingerprint density at radius 2 is 2.50 bits per heavy atom. The molecule has 4 N–H and O–H groups in total. The Hall–Kier alpha value is -1.87. The minimum atomic E-state index is -0.826. The summed E-state index contributed by atoms with van der Waals surface area (Å²) < 4.78 is 0. The highest BCUT2D eigenvalue weighted by Gasteiger charge is 2.26. The van der Waals surface area contributed by atoms with Gasteiger partial charge in [-0.25, -0.2) is 10.2 Å². The molecular formula is C8H10N4O2. The zero-order valence-corrected chi connectivity index (χ0v) is 7.61. The number of hydrogen-bond donors (Lipinski definition) is 3. The highest BCUT2D eigenvalue weighted by molar-refractivity contribution is 6.04. The minimum absolute atomic E-state index is 0.231. The van der Waals surface area contributed by atoms with Crippen LogP contribution >= 0.6 is 0 Å². The van der Waals surface area contributed by atoms with Crippen LogP contribution in [0.15, 0.2) is 16.2 Å². The molecule has 0 saturated heterocycles. The molecule has 1 atom stereocenters. The Morgan fingerprint density at radius 3 is 2.93 bits per heavy atom. The van der Waals surface area contributed by atoms with Gasteiger partial charge in [0.15, 0.2) is 0 Å². The minimum Gasteiger partial charge on any atom is -0.387 e. The number of rotatable bonds is 1. The number of allylic oxidation sites excluding steroid dienone is 1. The van der Waals surface area contributed by atoms with Gasteiger partial charge < -0.3 is 10.8 Å². The first kappa shape index (κ1) is 10.2. The molecule has 0 heterocycles. The molecule has 0 radical (unpaired) electrons. The monoisotopic (exact) mass is 194 g/mol. The fourth-order valence-corrected chi connectivity index (χ4v) is 1.25. The molecule has 2 amide bonds. The van der Waals surface area contributed by atoms with Crippen molar-refractivity contribution in [1.82, 2.24) is 5.43 Å². The molecule has 1 aliphatic rings. The van der Waals surface area contributed by atoms with Gasteiger partial charge in [0.25, 0.3) is 0 Å². The van der Waals surface area contributed by atoms with E-state index < -0.39 is 12.1 Å². The summed E-state index contributed by atoms with van der Waals surface area (Å²) in [5, 5.41) is 21.7. The van der Waals surface area contributed by atoms with Crippen LogP contribution in [0.5, 0.6) is 0 Å². The van der Waals surface area contributed by atoms with Gasteiger partial charge in [0.1, 0.15) is 0 Å². The van der Waals surface area contributed by atoms with E-state index in [1.165, 1.54) is 0 Å². The lowest BCUT2D eigenvalue weighted by Crippen LogP contribution is -2.25. The van der Waals surface area contributed by atoms with E-state index in [0.717, 1.165) is 0 Å². The van der Waals surface area contributed by atoms with Gasteiger partial charge in [-0.05, 0) is 12.5 Å². The normalized spacial score (nSPS) is 23.8.